The highest BCUT2D eigenvalue weighted by molar-refractivity contribution is 8.15. The van der Waals surface area contributed by atoms with Crippen LogP contribution in [0.25, 0.3) is 0 Å². The summed E-state index contributed by atoms with van der Waals surface area (Å²) in [6.07, 6.45) is 0.492. The summed E-state index contributed by atoms with van der Waals surface area (Å²) in [7, 11) is 1.61. The fourth-order valence-corrected chi connectivity index (χ4v) is 5.43. The van der Waals surface area contributed by atoms with Gasteiger partial charge in [0.2, 0.25) is 5.91 Å². The Labute approximate surface area is 228 Å². The highest BCUT2D eigenvalue weighted by Gasteiger charge is 2.39. The lowest BCUT2D eigenvalue weighted by Gasteiger charge is -2.23. The summed E-state index contributed by atoms with van der Waals surface area (Å²) < 4.78 is 19.1. The molecule has 3 aromatic rings. The van der Waals surface area contributed by atoms with Crippen molar-refractivity contribution in [3.63, 3.8) is 0 Å². The third-order valence-electron chi connectivity index (χ3n) is 6.34. The van der Waals surface area contributed by atoms with Gasteiger partial charge in [-0.15, -0.1) is 0 Å². The summed E-state index contributed by atoms with van der Waals surface area (Å²) in [5, 5.41) is 9.60. The molecule has 2 atom stereocenters. The highest BCUT2D eigenvalue weighted by Crippen LogP contribution is 2.39. The molecule has 0 fully saturated rings. The molecule has 0 saturated heterocycles. The Morgan fingerprint density at radius 2 is 1.89 bits per heavy atom. The van der Waals surface area contributed by atoms with Crippen molar-refractivity contribution in [2.75, 3.05) is 12.4 Å². The van der Waals surface area contributed by atoms with Crippen molar-refractivity contribution in [3.05, 3.63) is 94.3 Å². The average Bonchev–Trinajstić information content (AvgIpc) is 3.51. The van der Waals surface area contributed by atoms with E-state index in [1.54, 1.807) is 31.2 Å². The number of amides is 2. The van der Waals surface area contributed by atoms with E-state index in [4.69, 9.17) is 21.4 Å². The van der Waals surface area contributed by atoms with Gasteiger partial charge < -0.3 is 10.1 Å². The number of hydrogen-bond acceptors (Lipinski definition) is 6. The number of halogens is 2. The van der Waals surface area contributed by atoms with Gasteiger partial charge in [-0.25, -0.2) is 9.40 Å². The lowest BCUT2D eigenvalue weighted by molar-refractivity contribution is -0.121. The van der Waals surface area contributed by atoms with Crippen LogP contribution >= 0.6 is 23.4 Å². The van der Waals surface area contributed by atoms with Gasteiger partial charge in [0.05, 0.1) is 18.9 Å². The summed E-state index contributed by atoms with van der Waals surface area (Å²) in [5.41, 5.74) is 3.57. The number of benzene rings is 3. The van der Waals surface area contributed by atoms with E-state index in [1.165, 1.54) is 17.8 Å². The van der Waals surface area contributed by atoms with Crippen LogP contribution in [-0.4, -0.2) is 40.1 Å². The Morgan fingerprint density at radius 3 is 2.58 bits per heavy atom. The molecular weight excluding hydrogens is 527 g/mol. The average molecular weight is 551 g/mol. The molecule has 10 heteroatoms. The number of aryl methyl sites for hydroxylation is 1. The minimum Gasteiger partial charge on any atom is -0.497 e. The lowest BCUT2D eigenvalue weighted by Crippen LogP contribution is -2.25. The van der Waals surface area contributed by atoms with Crippen molar-refractivity contribution in [1.82, 2.24) is 5.01 Å². The molecule has 2 aliphatic rings. The van der Waals surface area contributed by atoms with Crippen LogP contribution in [0.1, 0.15) is 35.6 Å². The molecule has 0 saturated carbocycles. The summed E-state index contributed by atoms with van der Waals surface area (Å²) in [6.45, 7) is 1.64. The molecule has 0 radical (unpaired) electrons. The Hall–Kier alpha value is -3.69. The zero-order valence-electron chi connectivity index (χ0n) is 20.7. The van der Waals surface area contributed by atoms with E-state index in [-0.39, 0.29) is 12.5 Å². The number of anilines is 1. The fraction of sp³-hybridized carbons (Fsp3) is 0.214. The molecule has 2 aliphatic heterocycles. The smallest absolute Gasteiger partial charge is 0.262 e. The minimum atomic E-state index is -0.702. The largest absolute Gasteiger partial charge is 0.497 e. The van der Waals surface area contributed by atoms with Crippen LogP contribution in [0.5, 0.6) is 5.75 Å². The summed E-state index contributed by atoms with van der Waals surface area (Å²) >= 11 is 7.31. The summed E-state index contributed by atoms with van der Waals surface area (Å²) in [6, 6.07) is 19.4. The minimum absolute atomic E-state index is 0.0967. The number of amidine groups is 1. The number of nitrogens with one attached hydrogen (secondary N) is 1. The van der Waals surface area contributed by atoms with Crippen molar-refractivity contribution < 1.29 is 18.7 Å². The van der Waals surface area contributed by atoms with E-state index in [0.717, 1.165) is 22.6 Å². The van der Waals surface area contributed by atoms with Crippen LogP contribution in [0.2, 0.25) is 5.02 Å². The predicted molar refractivity (Wildman–Crippen MR) is 148 cm³/mol. The topological polar surface area (TPSA) is 83.4 Å². The fourth-order valence-electron chi connectivity index (χ4n) is 4.24. The van der Waals surface area contributed by atoms with Crippen LogP contribution in [0.15, 0.2) is 76.8 Å². The first-order valence-corrected chi connectivity index (χ1v) is 13.2. The molecule has 3 aromatic carbocycles. The number of carbonyl (C=O) groups is 2. The van der Waals surface area contributed by atoms with Crippen LogP contribution in [0.4, 0.5) is 10.1 Å². The quantitative estimate of drug-likeness (QED) is 0.408. The molecule has 0 bridgehead atoms. The lowest BCUT2D eigenvalue weighted by atomic mass is 9.98. The van der Waals surface area contributed by atoms with E-state index in [9.17, 15) is 14.0 Å². The van der Waals surface area contributed by atoms with Crippen molar-refractivity contribution in [1.29, 1.82) is 0 Å². The third-order valence-corrected chi connectivity index (χ3v) is 7.73. The number of hydrazone groups is 1. The first-order valence-electron chi connectivity index (χ1n) is 11.9. The zero-order valence-corrected chi connectivity index (χ0v) is 22.2. The number of nitrogens with zero attached hydrogens (tertiary/aromatic N) is 3. The van der Waals surface area contributed by atoms with Crippen LogP contribution in [0.3, 0.4) is 0 Å². The standard InChI is InChI=1S/C28H24ClFN4O3S/c1-16-3-10-20(13-22(16)30)31-26(35)15-25-27(36)32-28(38-25)34-24(18-4-8-19(29)9-5-18)14-23(33-34)17-6-11-21(37-2)12-7-17/h3-13,24-25H,14-15H2,1-2H3,(H,31,35). The molecule has 0 aromatic heterocycles. The van der Waals surface area contributed by atoms with Gasteiger partial charge in [0.15, 0.2) is 5.17 Å². The Balaban J connectivity index is 1.34. The van der Waals surface area contributed by atoms with Gasteiger partial charge in [0.25, 0.3) is 5.91 Å². The van der Waals surface area contributed by atoms with Crippen molar-refractivity contribution >= 4 is 51.7 Å². The second kappa shape index (κ2) is 11.0. The van der Waals surface area contributed by atoms with Gasteiger partial charge >= 0.3 is 0 Å². The number of thioether (sulfide) groups is 1. The maximum atomic E-state index is 13.9. The van der Waals surface area contributed by atoms with E-state index in [1.807, 2.05) is 48.5 Å². The number of methoxy groups -OCH3 is 1. The van der Waals surface area contributed by atoms with Gasteiger partial charge in [-0.1, -0.05) is 41.6 Å². The molecule has 0 spiro atoms. The monoisotopic (exact) mass is 550 g/mol. The summed E-state index contributed by atoms with van der Waals surface area (Å²) in [4.78, 5) is 29.7. The summed E-state index contributed by atoms with van der Waals surface area (Å²) in [5.74, 6) is -0.464. The second-order valence-corrected chi connectivity index (χ2v) is 10.6. The van der Waals surface area contributed by atoms with Crippen LogP contribution in [0, 0.1) is 12.7 Å². The number of aliphatic imine (C=N–C) groups is 1. The number of ether oxygens (including phenoxy) is 1. The molecule has 2 amide bonds. The van der Waals surface area contributed by atoms with Gasteiger partial charge in [-0.2, -0.15) is 10.1 Å². The predicted octanol–water partition coefficient (Wildman–Crippen LogP) is 5.97. The first-order chi connectivity index (χ1) is 18.3. The van der Waals surface area contributed by atoms with Gasteiger partial charge in [-0.3, -0.25) is 9.59 Å². The molecule has 5 rings (SSSR count). The normalized spacial score (nSPS) is 18.8. The number of rotatable bonds is 6. The first kappa shape index (κ1) is 25.9. The van der Waals surface area contributed by atoms with Crippen molar-refractivity contribution in [2.24, 2.45) is 10.1 Å². The van der Waals surface area contributed by atoms with Gasteiger partial charge in [0.1, 0.15) is 16.8 Å². The molecule has 2 heterocycles. The van der Waals surface area contributed by atoms with Crippen LogP contribution < -0.4 is 10.1 Å². The number of hydrogen-bond donors (Lipinski definition) is 1. The second-order valence-electron chi connectivity index (χ2n) is 8.95. The Bertz CT molecular complexity index is 1440. The molecule has 194 valence electrons. The molecule has 38 heavy (non-hydrogen) atoms. The Morgan fingerprint density at radius 1 is 1.16 bits per heavy atom. The number of carbonyl (C=O) groups excluding carboxylic acids is 2. The zero-order chi connectivity index (χ0) is 26.8. The third kappa shape index (κ3) is 5.58. The van der Waals surface area contributed by atoms with Gasteiger partial charge in [0, 0.05) is 23.6 Å². The molecule has 0 aliphatic carbocycles. The van der Waals surface area contributed by atoms with E-state index < -0.39 is 22.9 Å². The van der Waals surface area contributed by atoms with E-state index in [0.29, 0.717) is 27.9 Å². The maximum Gasteiger partial charge on any atom is 0.262 e. The maximum absolute atomic E-state index is 13.9. The SMILES string of the molecule is COc1ccc(C2=NN(C3=NC(=O)C(CC(=O)Nc4ccc(C)c(F)c4)S3)C(c3ccc(Cl)cc3)C2)cc1. The highest BCUT2D eigenvalue weighted by atomic mass is 35.5. The molecule has 1 N–H and O–H groups in total. The van der Waals surface area contributed by atoms with Crippen LogP contribution in [-0.2, 0) is 9.59 Å². The van der Waals surface area contributed by atoms with E-state index in [2.05, 4.69) is 10.3 Å². The van der Waals surface area contributed by atoms with E-state index >= 15 is 0 Å². The van der Waals surface area contributed by atoms with Crippen molar-refractivity contribution in [2.45, 2.75) is 31.1 Å². The molecule has 7 nitrogen and oxygen atoms in total. The molecular formula is C28H24ClFN4O3S. The van der Waals surface area contributed by atoms with Gasteiger partial charge in [-0.05, 0) is 72.1 Å². The Kier molecular flexibility index (Phi) is 7.49. The molecule has 2 unspecified atom stereocenters. The van der Waals surface area contributed by atoms with Crippen molar-refractivity contribution in [3.8, 4) is 5.75 Å².